The lowest BCUT2D eigenvalue weighted by molar-refractivity contribution is -0.180. The van der Waals surface area contributed by atoms with Crippen LogP contribution in [0.25, 0.3) is 0 Å². The predicted molar refractivity (Wildman–Crippen MR) is 125 cm³/mol. The van der Waals surface area contributed by atoms with Crippen LogP contribution in [0.5, 0.6) is 0 Å². The lowest BCUT2D eigenvalue weighted by Gasteiger charge is -2.38. The maximum atomic E-state index is 13.6. The molecule has 3 atom stereocenters. The van der Waals surface area contributed by atoms with E-state index in [4.69, 9.17) is 18.9 Å². The molecule has 1 saturated heterocycles. The molecule has 3 aromatic rings. The fourth-order valence-corrected chi connectivity index (χ4v) is 3.87. The first-order valence-corrected chi connectivity index (χ1v) is 11.3. The minimum atomic E-state index is -1.84. The van der Waals surface area contributed by atoms with Crippen molar-refractivity contribution in [2.24, 2.45) is 0 Å². The van der Waals surface area contributed by atoms with Crippen LogP contribution < -0.4 is 0 Å². The van der Waals surface area contributed by atoms with Crippen molar-refractivity contribution < 1.29 is 27.7 Å². The van der Waals surface area contributed by atoms with Gasteiger partial charge in [0.2, 0.25) is 0 Å². The van der Waals surface area contributed by atoms with Gasteiger partial charge in [-0.2, -0.15) is 8.78 Å². The number of ether oxygens (including phenoxy) is 4. The summed E-state index contributed by atoms with van der Waals surface area (Å²) in [5.74, 6) is -0.370. The van der Waals surface area contributed by atoms with Gasteiger partial charge < -0.3 is 18.9 Å². The molecule has 1 aliphatic rings. The van der Waals surface area contributed by atoms with Crippen LogP contribution in [0.2, 0.25) is 0 Å². The van der Waals surface area contributed by atoms with Crippen LogP contribution in [0.1, 0.15) is 23.1 Å². The van der Waals surface area contributed by atoms with Crippen molar-refractivity contribution in [1.29, 1.82) is 0 Å². The second kappa shape index (κ2) is 12.4. The lowest BCUT2D eigenvalue weighted by atomic mass is 10.00. The van der Waals surface area contributed by atoms with Crippen molar-refractivity contribution in [3.05, 3.63) is 120 Å². The first-order chi connectivity index (χ1) is 16.7. The first kappa shape index (κ1) is 24.1. The van der Waals surface area contributed by atoms with Gasteiger partial charge in [0, 0.05) is 6.42 Å². The quantitative estimate of drug-likeness (QED) is 0.353. The average molecular weight is 467 g/mol. The summed E-state index contributed by atoms with van der Waals surface area (Å²) in [5.41, 5.74) is 2.93. The zero-order chi connectivity index (χ0) is 23.6. The monoisotopic (exact) mass is 466 g/mol. The van der Waals surface area contributed by atoms with Gasteiger partial charge in [-0.25, -0.2) is 0 Å². The Morgan fingerprint density at radius 1 is 0.706 bits per heavy atom. The highest BCUT2D eigenvalue weighted by molar-refractivity contribution is 5.16. The molecular weight excluding hydrogens is 438 g/mol. The molecule has 0 saturated carbocycles. The molecule has 4 rings (SSSR count). The van der Waals surface area contributed by atoms with Crippen LogP contribution in [0.4, 0.5) is 8.78 Å². The molecule has 6 heteroatoms. The fourth-order valence-electron chi connectivity index (χ4n) is 3.87. The molecule has 1 aliphatic heterocycles. The minimum absolute atomic E-state index is 0.0657. The number of benzene rings is 3. The fraction of sp³-hybridized carbons (Fsp3) is 0.286. The minimum Gasteiger partial charge on any atom is -0.484 e. The highest BCUT2D eigenvalue weighted by Crippen LogP contribution is 2.32. The maximum Gasteiger partial charge on any atom is 0.307 e. The first-order valence-electron chi connectivity index (χ1n) is 11.3. The van der Waals surface area contributed by atoms with Crippen molar-refractivity contribution in [1.82, 2.24) is 0 Å². The van der Waals surface area contributed by atoms with E-state index in [2.05, 4.69) is 0 Å². The Labute approximate surface area is 198 Å². The van der Waals surface area contributed by atoms with Crippen molar-refractivity contribution in [2.75, 3.05) is 6.61 Å². The van der Waals surface area contributed by atoms with Crippen LogP contribution in [0, 0.1) is 0 Å². The normalized spacial score (nSPS) is 20.1. The van der Waals surface area contributed by atoms with Crippen molar-refractivity contribution in [2.45, 2.75) is 44.6 Å². The van der Waals surface area contributed by atoms with E-state index in [-0.39, 0.29) is 25.4 Å². The Bertz CT molecular complexity index is 1020. The topological polar surface area (TPSA) is 36.9 Å². The molecule has 0 amide bonds. The molecule has 3 aromatic carbocycles. The largest absolute Gasteiger partial charge is 0.484 e. The number of hydrogen-bond donors (Lipinski definition) is 0. The zero-order valence-electron chi connectivity index (χ0n) is 18.8. The van der Waals surface area contributed by atoms with Gasteiger partial charge in [-0.05, 0) is 16.7 Å². The summed E-state index contributed by atoms with van der Waals surface area (Å²) >= 11 is 0. The zero-order valence-corrected chi connectivity index (χ0v) is 18.8. The van der Waals surface area contributed by atoms with E-state index < -0.39 is 24.4 Å². The summed E-state index contributed by atoms with van der Waals surface area (Å²) in [6.07, 6.45) is -3.84. The van der Waals surface area contributed by atoms with Crippen molar-refractivity contribution in [3.8, 4) is 0 Å². The second-order valence-electron chi connectivity index (χ2n) is 8.14. The van der Waals surface area contributed by atoms with Crippen molar-refractivity contribution >= 4 is 0 Å². The van der Waals surface area contributed by atoms with Gasteiger partial charge in [-0.1, -0.05) is 91.0 Å². The molecular formula is C28H28F2O4. The summed E-state index contributed by atoms with van der Waals surface area (Å²) in [5, 5.41) is 0. The molecule has 178 valence electrons. The molecule has 34 heavy (non-hydrogen) atoms. The molecule has 0 aliphatic carbocycles. The second-order valence-corrected chi connectivity index (χ2v) is 8.14. The van der Waals surface area contributed by atoms with Crippen LogP contribution in [0.15, 0.2) is 103 Å². The van der Waals surface area contributed by atoms with Gasteiger partial charge in [-0.15, -0.1) is 0 Å². The Kier molecular flexibility index (Phi) is 8.79. The molecule has 0 unspecified atom stereocenters. The van der Waals surface area contributed by atoms with E-state index in [0.717, 1.165) is 16.7 Å². The van der Waals surface area contributed by atoms with Gasteiger partial charge in [0.15, 0.2) is 11.9 Å². The van der Waals surface area contributed by atoms with Gasteiger partial charge in [0.25, 0.3) is 0 Å². The van der Waals surface area contributed by atoms with E-state index in [0.29, 0.717) is 13.2 Å². The third-order valence-electron chi connectivity index (χ3n) is 5.61. The molecule has 1 fully saturated rings. The number of halogens is 2. The standard InChI is InChI=1S/C28H28F2O4/c29-28(30)25-16-24(32-18-22-12-6-2-7-13-22)27(33-19-23-14-8-3-9-15-23)26(34-25)20-31-17-21-10-4-1-5-11-21/h1-15,24,26-27H,16-20H2/t24-,26-,27+/m1/s1. The van der Waals surface area contributed by atoms with E-state index in [1.165, 1.54) is 0 Å². The summed E-state index contributed by atoms with van der Waals surface area (Å²) in [4.78, 5) is 0. The Morgan fingerprint density at radius 2 is 1.21 bits per heavy atom. The molecule has 1 heterocycles. The highest BCUT2D eigenvalue weighted by atomic mass is 19.3. The smallest absolute Gasteiger partial charge is 0.307 e. The average Bonchev–Trinajstić information content (AvgIpc) is 2.88. The molecule has 0 bridgehead atoms. The molecule has 0 N–H and O–H groups in total. The highest BCUT2D eigenvalue weighted by Gasteiger charge is 2.40. The van der Waals surface area contributed by atoms with Crippen LogP contribution in [-0.2, 0) is 38.8 Å². The lowest BCUT2D eigenvalue weighted by Crippen LogP contribution is -2.49. The third-order valence-corrected chi connectivity index (χ3v) is 5.61. The van der Waals surface area contributed by atoms with E-state index in [1.54, 1.807) is 0 Å². The summed E-state index contributed by atoms with van der Waals surface area (Å²) in [7, 11) is 0. The molecule has 4 nitrogen and oxygen atoms in total. The summed E-state index contributed by atoms with van der Waals surface area (Å²) in [6.45, 7) is 1.04. The molecule has 0 aromatic heterocycles. The van der Waals surface area contributed by atoms with E-state index in [1.807, 2.05) is 91.0 Å². The van der Waals surface area contributed by atoms with Gasteiger partial charge in [0.05, 0.1) is 32.5 Å². The number of hydrogen-bond acceptors (Lipinski definition) is 4. The van der Waals surface area contributed by atoms with Gasteiger partial charge >= 0.3 is 6.08 Å². The van der Waals surface area contributed by atoms with Crippen LogP contribution in [-0.4, -0.2) is 24.9 Å². The Morgan fingerprint density at radius 3 is 1.74 bits per heavy atom. The third kappa shape index (κ3) is 6.97. The van der Waals surface area contributed by atoms with Gasteiger partial charge in [0.1, 0.15) is 6.10 Å². The molecule has 0 radical (unpaired) electrons. The van der Waals surface area contributed by atoms with Crippen LogP contribution in [0.3, 0.4) is 0 Å². The molecule has 0 spiro atoms. The summed E-state index contributed by atoms with van der Waals surface area (Å²) < 4.78 is 51.1. The Balaban J connectivity index is 1.49. The van der Waals surface area contributed by atoms with E-state index in [9.17, 15) is 8.78 Å². The van der Waals surface area contributed by atoms with Gasteiger partial charge in [-0.3, -0.25) is 0 Å². The number of rotatable bonds is 10. The van der Waals surface area contributed by atoms with Crippen molar-refractivity contribution in [3.63, 3.8) is 0 Å². The maximum absolute atomic E-state index is 13.6. The van der Waals surface area contributed by atoms with E-state index >= 15 is 0 Å². The SMILES string of the molecule is FC(F)=C1C[C@@H](OCc2ccccc2)[C@H](OCc2ccccc2)[C@@H](COCc2ccccc2)O1. The summed E-state index contributed by atoms with van der Waals surface area (Å²) in [6, 6.07) is 29.0. The van der Waals surface area contributed by atoms with Crippen LogP contribution >= 0.6 is 0 Å². The predicted octanol–water partition coefficient (Wildman–Crippen LogP) is 6.27. The Hall–Kier alpha value is -3.06.